The summed E-state index contributed by atoms with van der Waals surface area (Å²) in [6.07, 6.45) is 0.153. The SMILES string of the molecule is Cc1cc(C(=O)O)cc(C)c1OC1CCS(=O)(=O)C1. The fourth-order valence-electron chi connectivity index (χ4n) is 2.28. The van der Waals surface area contributed by atoms with Gasteiger partial charge in [-0.15, -0.1) is 0 Å². The van der Waals surface area contributed by atoms with Crippen molar-refractivity contribution >= 4 is 15.8 Å². The van der Waals surface area contributed by atoms with Crippen LogP contribution in [0.25, 0.3) is 0 Å². The Balaban J connectivity index is 2.24. The molecule has 2 rings (SSSR count). The van der Waals surface area contributed by atoms with Crippen LogP contribution in [0.3, 0.4) is 0 Å². The largest absolute Gasteiger partial charge is 0.489 e. The second kappa shape index (κ2) is 4.85. The van der Waals surface area contributed by atoms with Gasteiger partial charge in [-0.05, 0) is 43.5 Å². The second-order valence-electron chi connectivity index (χ2n) is 4.89. The third-order valence-electron chi connectivity index (χ3n) is 3.18. The van der Waals surface area contributed by atoms with Crippen molar-refractivity contribution in [1.29, 1.82) is 0 Å². The molecule has 1 saturated heterocycles. The Labute approximate surface area is 112 Å². The minimum atomic E-state index is -2.98. The number of benzene rings is 1. The summed E-state index contributed by atoms with van der Waals surface area (Å²) >= 11 is 0. The summed E-state index contributed by atoms with van der Waals surface area (Å²) in [7, 11) is -2.98. The van der Waals surface area contributed by atoms with Crippen LogP contribution in [0.1, 0.15) is 27.9 Å². The number of rotatable bonds is 3. The van der Waals surface area contributed by atoms with Crippen molar-refractivity contribution < 1.29 is 23.1 Å². The second-order valence-corrected chi connectivity index (χ2v) is 7.12. The molecule has 1 aromatic rings. The number of hydrogen-bond donors (Lipinski definition) is 1. The van der Waals surface area contributed by atoms with Gasteiger partial charge in [0.05, 0.1) is 17.1 Å². The van der Waals surface area contributed by atoms with Crippen LogP contribution in [0.5, 0.6) is 5.75 Å². The van der Waals surface area contributed by atoms with Gasteiger partial charge in [0.25, 0.3) is 0 Å². The van der Waals surface area contributed by atoms with E-state index in [2.05, 4.69) is 0 Å². The molecule has 1 atom stereocenters. The number of hydrogen-bond acceptors (Lipinski definition) is 4. The molecule has 0 amide bonds. The summed E-state index contributed by atoms with van der Waals surface area (Å²) in [5.74, 6) is -0.205. The Hall–Kier alpha value is -1.56. The first-order chi connectivity index (χ1) is 8.78. The first kappa shape index (κ1) is 13.9. The Morgan fingerprint density at radius 2 is 1.89 bits per heavy atom. The molecule has 104 valence electrons. The predicted molar refractivity (Wildman–Crippen MR) is 70.6 cm³/mol. The van der Waals surface area contributed by atoms with Crippen LogP contribution in [0.15, 0.2) is 12.1 Å². The van der Waals surface area contributed by atoms with E-state index < -0.39 is 15.8 Å². The zero-order valence-electron chi connectivity index (χ0n) is 10.8. The van der Waals surface area contributed by atoms with Gasteiger partial charge in [-0.1, -0.05) is 0 Å². The van der Waals surface area contributed by atoms with Gasteiger partial charge >= 0.3 is 5.97 Å². The Kier molecular flexibility index (Phi) is 3.54. The summed E-state index contributed by atoms with van der Waals surface area (Å²) in [5.41, 5.74) is 1.63. The molecule has 1 aliphatic heterocycles. The molecule has 6 heteroatoms. The number of ether oxygens (including phenoxy) is 1. The third-order valence-corrected chi connectivity index (χ3v) is 4.92. The van der Waals surface area contributed by atoms with Crippen LogP contribution >= 0.6 is 0 Å². The summed E-state index contributed by atoms with van der Waals surface area (Å²) in [4.78, 5) is 10.9. The maximum absolute atomic E-state index is 11.4. The molecule has 0 aliphatic carbocycles. The monoisotopic (exact) mass is 284 g/mol. The van der Waals surface area contributed by atoms with Gasteiger partial charge in [0.1, 0.15) is 11.9 Å². The van der Waals surface area contributed by atoms with E-state index in [0.717, 1.165) is 0 Å². The van der Waals surface area contributed by atoms with Crippen molar-refractivity contribution in [2.45, 2.75) is 26.4 Å². The number of carbonyl (C=O) groups is 1. The van der Waals surface area contributed by atoms with Crippen molar-refractivity contribution in [2.75, 3.05) is 11.5 Å². The van der Waals surface area contributed by atoms with Gasteiger partial charge < -0.3 is 9.84 Å². The first-order valence-corrected chi connectivity index (χ1v) is 7.82. The molecular formula is C13H16O5S. The van der Waals surface area contributed by atoms with Crippen LogP contribution in [0.4, 0.5) is 0 Å². The lowest BCUT2D eigenvalue weighted by atomic mass is 10.1. The minimum absolute atomic E-state index is 0.0343. The number of carboxylic acid groups (broad SMARTS) is 1. The van der Waals surface area contributed by atoms with E-state index in [1.54, 1.807) is 13.8 Å². The highest BCUT2D eigenvalue weighted by molar-refractivity contribution is 7.91. The van der Waals surface area contributed by atoms with Crippen molar-refractivity contribution in [2.24, 2.45) is 0 Å². The summed E-state index contributed by atoms with van der Waals surface area (Å²) in [5, 5.41) is 8.96. The lowest BCUT2D eigenvalue weighted by molar-refractivity contribution is 0.0696. The molecule has 1 N–H and O–H groups in total. The Bertz CT molecular complexity index is 595. The molecule has 0 radical (unpaired) electrons. The topological polar surface area (TPSA) is 80.7 Å². The summed E-state index contributed by atoms with van der Waals surface area (Å²) in [6.45, 7) is 3.52. The van der Waals surface area contributed by atoms with E-state index in [1.807, 2.05) is 0 Å². The van der Waals surface area contributed by atoms with E-state index in [0.29, 0.717) is 23.3 Å². The van der Waals surface area contributed by atoms with Gasteiger partial charge in [0.15, 0.2) is 9.84 Å². The Morgan fingerprint density at radius 3 is 2.32 bits per heavy atom. The van der Waals surface area contributed by atoms with Crippen LogP contribution in [0, 0.1) is 13.8 Å². The highest BCUT2D eigenvalue weighted by atomic mass is 32.2. The molecule has 19 heavy (non-hydrogen) atoms. The normalized spacial score (nSPS) is 21.3. The number of aryl methyl sites for hydroxylation is 2. The molecule has 1 fully saturated rings. The average Bonchev–Trinajstić information content (AvgIpc) is 2.63. The highest BCUT2D eigenvalue weighted by Gasteiger charge is 2.30. The predicted octanol–water partition coefficient (Wildman–Crippen LogP) is 1.57. The molecule has 0 aromatic heterocycles. The van der Waals surface area contributed by atoms with Gasteiger partial charge in [-0.25, -0.2) is 13.2 Å². The van der Waals surface area contributed by atoms with E-state index >= 15 is 0 Å². The highest BCUT2D eigenvalue weighted by Crippen LogP contribution is 2.28. The van der Waals surface area contributed by atoms with Crippen molar-refractivity contribution in [1.82, 2.24) is 0 Å². The van der Waals surface area contributed by atoms with Crippen LogP contribution in [-0.2, 0) is 9.84 Å². The van der Waals surface area contributed by atoms with Crippen molar-refractivity contribution in [3.05, 3.63) is 28.8 Å². The molecule has 0 bridgehead atoms. The van der Waals surface area contributed by atoms with Gasteiger partial charge in [-0.3, -0.25) is 0 Å². The number of aromatic carboxylic acids is 1. The lowest BCUT2D eigenvalue weighted by Crippen LogP contribution is -2.19. The van der Waals surface area contributed by atoms with E-state index in [1.165, 1.54) is 12.1 Å². The Morgan fingerprint density at radius 1 is 1.32 bits per heavy atom. The van der Waals surface area contributed by atoms with Gasteiger partial charge in [-0.2, -0.15) is 0 Å². The lowest BCUT2D eigenvalue weighted by Gasteiger charge is -2.17. The maximum atomic E-state index is 11.4. The zero-order chi connectivity index (χ0) is 14.2. The molecule has 1 aliphatic rings. The molecular weight excluding hydrogens is 268 g/mol. The van der Waals surface area contributed by atoms with E-state index in [4.69, 9.17) is 9.84 Å². The number of sulfone groups is 1. The van der Waals surface area contributed by atoms with Gasteiger partial charge in [0.2, 0.25) is 0 Å². The quantitative estimate of drug-likeness (QED) is 0.911. The van der Waals surface area contributed by atoms with Crippen LogP contribution in [0.2, 0.25) is 0 Å². The number of carboxylic acids is 1. The molecule has 1 unspecified atom stereocenters. The zero-order valence-corrected chi connectivity index (χ0v) is 11.7. The standard InChI is InChI=1S/C13H16O5S/c1-8-5-10(13(14)15)6-9(2)12(8)18-11-3-4-19(16,17)7-11/h5-6,11H,3-4,7H2,1-2H3,(H,14,15). The minimum Gasteiger partial charge on any atom is -0.489 e. The summed E-state index contributed by atoms with van der Waals surface area (Å²) < 4.78 is 28.5. The van der Waals surface area contributed by atoms with Gasteiger partial charge in [0, 0.05) is 0 Å². The molecule has 0 spiro atoms. The fraction of sp³-hybridized carbons (Fsp3) is 0.462. The fourth-order valence-corrected chi connectivity index (χ4v) is 3.87. The molecule has 1 aromatic carbocycles. The molecule has 5 nitrogen and oxygen atoms in total. The van der Waals surface area contributed by atoms with Crippen LogP contribution < -0.4 is 4.74 Å². The summed E-state index contributed by atoms with van der Waals surface area (Å²) in [6, 6.07) is 3.07. The van der Waals surface area contributed by atoms with E-state index in [-0.39, 0.29) is 23.2 Å². The average molecular weight is 284 g/mol. The smallest absolute Gasteiger partial charge is 0.335 e. The third kappa shape index (κ3) is 3.07. The van der Waals surface area contributed by atoms with Crippen molar-refractivity contribution in [3.8, 4) is 5.75 Å². The van der Waals surface area contributed by atoms with E-state index in [9.17, 15) is 13.2 Å². The molecule has 1 heterocycles. The van der Waals surface area contributed by atoms with Crippen LogP contribution in [-0.4, -0.2) is 37.1 Å². The maximum Gasteiger partial charge on any atom is 0.335 e. The van der Waals surface area contributed by atoms with Crippen molar-refractivity contribution in [3.63, 3.8) is 0 Å². The first-order valence-electron chi connectivity index (χ1n) is 6.00. The molecule has 0 saturated carbocycles.